The molecule has 0 unspecified atom stereocenters. The van der Waals surface area contributed by atoms with E-state index in [4.69, 9.17) is 4.55 Å². The maximum Gasteiger partial charge on any atom is 0.320 e. The van der Waals surface area contributed by atoms with E-state index in [1.165, 1.54) is 0 Å². The molecular formula is C21H33FO5S2. The van der Waals surface area contributed by atoms with Gasteiger partial charge in [-0.05, 0) is 92.8 Å². The molecule has 166 valence electrons. The van der Waals surface area contributed by atoms with E-state index in [0.29, 0.717) is 53.2 Å². The largest absolute Gasteiger partial charge is 0.387 e. The predicted molar refractivity (Wildman–Crippen MR) is 111 cm³/mol. The second-order valence-corrected chi connectivity index (χ2v) is 13.7. The lowest BCUT2D eigenvalue weighted by molar-refractivity contribution is -0.131. The zero-order chi connectivity index (χ0) is 21.0. The maximum atomic E-state index is 13.3. The number of halogens is 1. The van der Waals surface area contributed by atoms with Gasteiger partial charge in [0.05, 0.1) is 11.4 Å². The molecule has 4 aliphatic rings. The van der Waals surface area contributed by atoms with Gasteiger partial charge in [-0.25, -0.2) is 4.39 Å². The summed E-state index contributed by atoms with van der Waals surface area (Å²) in [6, 6.07) is 0. The number of rotatable bonds is 5. The number of alkyl halides is 1. The summed E-state index contributed by atoms with van der Waals surface area (Å²) < 4.78 is 44.3. The lowest BCUT2D eigenvalue weighted by atomic mass is 9.49. The number of hydrogen-bond acceptors (Lipinski definition) is 5. The summed E-state index contributed by atoms with van der Waals surface area (Å²) >= 11 is 0. The fourth-order valence-corrected chi connectivity index (χ4v) is 9.11. The van der Waals surface area contributed by atoms with Crippen LogP contribution in [-0.2, 0) is 13.9 Å². The molecule has 0 aromatic rings. The lowest BCUT2D eigenvalue weighted by Crippen LogP contribution is -2.52. The van der Waals surface area contributed by atoms with Gasteiger partial charge in [-0.1, -0.05) is 6.92 Å². The molecule has 4 fully saturated rings. The Hall–Kier alpha value is -0.180. The predicted octanol–water partition coefficient (Wildman–Crippen LogP) is 4.06. The van der Waals surface area contributed by atoms with Gasteiger partial charge in [0.25, 0.3) is 0 Å². The minimum absolute atomic E-state index is 0.0459. The number of carbonyl (C=O) groups is 1. The van der Waals surface area contributed by atoms with Crippen molar-refractivity contribution in [3.05, 3.63) is 0 Å². The minimum atomic E-state index is -4.19. The normalized spacial score (nSPS) is 47.2. The quantitative estimate of drug-likeness (QED) is 0.487. The van der Waals surface area contributed by atoms with Crippen molar-refractivity contribution in [2.24, 2.45) is 40.9 Å². The van der Waals surface area contributed by atoms with Crippen molar-refractivity contribution < 1.29 is 27.3 Å². The third kappa shape index (κ3) is 4.03. The number of Topliss-reactive ketones (excluding diaryl/α,β-unsaturated/α-hetero) is 1. The summed E-state index contributed by atoms with van der Waals surface area (Å²) in [4.78, 5) is 12.8. The van der Waals surface area contributed by atoms with Crippen LogP contribution in [0.1, 0.15) is 64.7 Å². The van der Waals surface area contributed by atoms with Crippen LogP contribution in [0.3, 0.4) is 0 Å². The van der Waals surface area contributed by atoms with Crippen LogP contribution < -0.4 is 0 Å². The summed E-state index contributed by atoms with van der Waals surface area (Å²) in [6.45, 7) is 1.58. The summed E-state index contributed by atoms with van der Waals surface area (Å²) in [5, 5.41) is 10.4. The molecule has 0 aromatic carbocycles. The van der Waals surface area contributed by atoms with Gasteiger partial charge in [0.2, 0.25) is 0 Å². The van der Waals surface area contributed by atoms with Gasteiger partial charge in [0.15, 0.2) is 0 Å². The number of ketones is 1. The summed E-state index contributed by atoms with van der Waals surface area (Å²) in [5.41, 5.74) is -1.20. The Morgan fingerprint density at radius 3 is 2.48 bits per heavy atom. The molecule has 0 aliphatic heterocycles. The first-order chi connectivity index (χ1) is 13.6. The van der Waals surface area contributed by atoms with Gasteiger partial charge in [0.1, 0.15) is 12.5 Å². The van der Waals surface area contributed by atoms with Crippen LogP contribution in [0.5, 0.6) is 0 Å². The van der Waals surface area contributed by atoms with Crippen LogP contribution in [0.15, 0.2) is 0 Å². The first-order valence-corrected chi connectivity index (χ1v) is 13.9. The van der Waals surface area contributed by atoms with E-state index in [2.05, 4.69) is 6.92 Å². The van der Waals surface area contributed by atoms with E-state index in [0.717, 1.165) is 44.9 Å². The molecule has 8 atom stereocenters. The minimum Gasteiger partial charge on any atom is -0.387 e. The number of hydrogen-bond donors (Lipinski definition) is 2. The fraction of sp³-hybridized carbons (Fsp3) is 0.952. The van der Waals surface area contributed by atoms with Crippen LogP contribution in [0.25, 0.3) is 0 Å². The molecule has 0 spiro atoms. The number of aliphatic hydroxyl groups is 1. The van der Waals surface area contributed by atoms with Crippen molar-refractivity contribution >= 4 is 25.7 Å². The Morgan fingerprint density at radius 1 is 1.07 bits per heavy atom. The Bertz CT molecular complexity index is 758. The van der Waals surface area contributed by atoms with Crippen LogP contribution in [-0.4, -0.2) is 41.9 Å². The van der Waals surface area contributed by atoms with Crippen molar-refractivity contribution in [1.29, 1.82) is 0 Å². The first-order valence-electron chi connectivity index (χ1n) is 11.0. The third-order valence-electron chi connectivity index (χ3n) is 9.09. The molecule has 4 rings (SSSR count). The highest BCUT2D eigenvalue weighted by molar-refractivity contribution is 8.70. The highest BCUT2D eigenvalue weighted by Gasteiger charge is 2.59. The molecule has 0 bridgehead atoms. The topological polar surface area (TPSA) is 91.7 Å². The second-order valence-electron chi connectivity index (χ2n) is 10.4. The van der Waals surface area contributed by atoms with Gasteiger partial charge in [-0.15, -0.1) is 0 Å². The lowest BCUT2D eigenvalue weighted by Gasteiger charge is -2.56. The second kappa shape index (κ2) is 7.75. The highest BCUT2D eigenvalue weighted by Crippen LogP contribution is 2.64. The van der Waals surface area contributed by atoms with E-state index in [9.17, 15) is 22.7 Å². The van der Waals surface area contributed by atoms with Crippen LogP contribution >= 0.6 is 10.8 Å². The zero-order valence-corrected chi connectivity index (χ0v) is 18.7. The molecule has 4 saturated carbocycles. The SMILES string of the molecule is C[C@]12CC[C@H]3[C@@H](CC[C@H]4C[C@](O)(CF)CC[C@@H]43)[C@@H]1CC[C@@H]2C(=O)CSS(=O)(=O)O. The summed E-state index contributed by atoms with van der Waals surface area (Å²) in [7, 11) is -3.86. The van der Waals surface area contributed by atoms with Crippen molar-refractivity contribution in [2.45, 2.75) is 70.3 Å². The van der Waals surface area contributed by atoms with Crippen molar-refractivity contribution in [1.82, 2.24) is 0 Å². The molecule has 0 saturated heterocycles. The molecule has 0 radical (unpaired) electrons. The Morgan fingerprint density at radius 2 is 1.79 bits per heavy atom. The Kier molecular flexibility index (Phi) is 5.89. The van der Waals surface area contributed by atoms with Crippen molar-refractivity contribution in [3.8, 4) is 0 Å². The third-order valence-corrected chi connectivity index (χ3v) is 11.0. The number of fused-ring (bicyclic) bond motifs is 5. The molecule has 4 aliphatic carbocycles. The fourth-order valence-electron chi connectivity index (χ4n) is 7.85. The van der Waals surface area contributed by atoms with Crippen LogP contribution in [0.2, 0.25) is 0 Å². The smallest absolute Gasteiger partial charge is 0.320 e. The summed E-state index contributed by atoms with van der Waals surface area (Å²) in [5.74, 6) is 2.31. The molecule has 8 heteroatoms. The van der Waals surface area contributed by atoms with E-state index in [1.54, 1.807) is 0 Å². The van der Waals surface area contributed by atoms with Gasteiger partial charge in [-0.3, -0.25) is 9.35 Å². The molecular weight excluding hydrogens is 415 g/mol. The van der Waals surface area contributed by atoms with Gasteiger partial charge >= 0.3 is 9.15 Å². The zero-order valence-electron chi connectivity index (χ0n) is 17.1. The highest BCUT2D eigenvalue weighted by atomic mass is 33.1. The molecule has 29 heavy (non-hydrogen) atoms. The standard InChI is InChI=1S/C21H33FO5S2/c1-20-8-6-15-14-7-9-21(24,12-22)10-13(14)2-3-16(15)17(20)4-5-18(20)19(23)11-28-29(25,26)27/h13-18,24H,2-12H2,1H3,(H,25,26,27)/t13-,14-,15+,16+,17-,18+,20-,21-/m0/s1. The van der Waals surface area contributed by atoms with Gasteiger partial charge in [-0.2, -0.15) is 8.42 Å². The first kappa shape index (κ1) is 22.0. The average molecular weight is 449 g/mol. The van der Waals surface area contributed by atoms with Crippen LogP contribution in [0.4, 0.5) is 4.39 Å². The van der Waals surface area contributed by atoms with Crippen molar-refractivity contribution in [3.63, 3.8) is 0 Å². The van der Waals surface area contributed by atoms with Crippen LogP contribution in [0, 0.1) is 40.9 Å². The van der Waals surface area contributed by atoms with Crippen molar-refractivity contribution in [2.75, 3.05) is 12.4 Å². The molecule has 0 aromatic heterocycles. The molecule has 0 heterocycles. The maximum absolute atomic E-state index is 13.3. The monoisotopic (exact) mass is 448 g/mol. The van der Waals surface area contributed by atoms with E-state index in [-0.39, 0.29) is 22.9 Å². The average Bonchev–Trinajstić information content (AvgIpc) is 3.02. The summed E-state index contributed by atoms with van der Waals surface area (Å²) in [6.07, 6.45) is 8.05. The van der Waals surface area contributed by atoms with Gasteiger partial charge in [0, 0.05) is 16.7 Å². The van der Waals surface area contributed by atoms with E-state index < -0.39 is 21.4 Å². The molecule has 5 nitrogen and oxygen atoms in total. The molecule has 0 amide bonds. The van der Waals surface area contributed by atoms with E-state index >= 15 is 0 Å². The number of carbonyl (C=O) groups excluding carboxylic acids is 1. The van der Waals surface area contributed by atoms with E-state index in [1.807, 2.05) is 0 Å². The Labute approximate surface area is 176 Å². The molecule has 2 N–H and O–H groups in total. The van der Waals surface area contributed by atoms with Gasteiger partial charge < -0.3 is 5.11 Å². The Balaban J connectivity index is 1.46.